The zero-order chi connectivity index (χ0) is 16.8. The van der Waals surface area contributed by atoms with Gasteiger partial charge in [-0.15, -0.1) is 11.3 Å². The van der Waals surface area contributed by atoms with Crippen LogP contribution < -0.4 is 0 Å². The fourth-order valence-corrected chi connectivity index (χ4v) is 4.35. The number of carbonyl (C=O) groups is 2. The molecule has 4 heterocycles. The van der Waals surface area contributed by atoms with Gasteiger partial charge in [0.25, 0.3) is 5.91 Å². The molecule has 4 rings (SSSR count). The minimum Gasteiger partial charge on any atom is -0.332 e. The first-order valence-electron chi connectivity index (χ1n) is 7.88. The predicted octanol–water partition coefficient (Wildman–Crippen LogP) is 3.11. The summed E-state index contributed by atoms with van der Waals surface area (Å²) < 4.78 is 1.83. The lowest BCUT2D eigenvalue weighted by Crippen LogP contribution is -2.36. The number of rotatable bonds is 2. The van der Waals surface area contributed by atoms with Crippen LogP contribution >= 0.6 is 11.3 Å². The van der Waals surface area contributed by atoms with Crippen molar-refractivity contribution in [2.24, 2.45) is 0 Å². The number of hydrogen-bond donors (Lipinski definition) is 0. The number of aromatic nitrogens is 2. The van der Waals surface area contributed by atoms with Gasteiger partial charge in [0.1, 0.15) is 11.3 Å². The molecule has 3 aromatic rings. The van der Waals surface area contributed by atoms with Crippen LogP contribution in [0.2, 0.25) is 0 Å². The molecule has 0 fully saturated rings. The van der Waals surface area contributed by atoms with E-state index in [2.05, 4.69) is 4.98 Å². The fraction of sp³-hybridized carbons (Fsp3) is 0.278. The van der Waals surface area contributed by atoms with Gasteiger partial charge in [-0.05, 0) is 43.5 Å². The molecule has 0 atom stereocenters. The van der Waals surface area contributed by atoms with E-state index < -0.39 is 0 Å². The highest BCUT2D eigenvalue weighted by atomic mass is 32.1. The molecule has 0 saturated carbocycles. The van der Waals surface area contributed by atoms with Crippen LogP contribution in [0.5, 0.6) is 0 Å². The average molecular weight is 339 g/mol. The Labute approximate surface area is 143 Å². The zero-order valence-corrected chi connectivity index (χ0v) is 14.4. The number of amides is 1. The lowest BCUT2D eigenvalue weighted by Gasteiger charge is -2.27. The van der Waals surface area contributed by atoms with Crippen molar-refractivity contribution in [2.75, 3.05) is 6.54 Å². The average Bonchev–Trinajstić information content (AvgIpc) is 3.16. The summed E-state index contributed by atoms with van der Waals surface area (Å²) in [6.45, 7) is 4.79. The SMILES string of the molecule is CC(=O)c1csc2c1CCN(C(=O)c1cnc3cc(C)ccn13)C2. The molecule has 0 N–H and O–H groups in total. The Morgan fingerprint density at radius 2 is 2.17 bits per heavy atom. The summed E-state index contributed by atoms with van der Waals surface area (Å²) in [7, 11) is 0. The molecule has 0 saturated heterocycles. The molecule has 0 aromatic carbocycles. The van der Waals surface area contributed by atoms with Crippen molar-refractivity contribution in [3.05, 3.63) is 57.2 Å². The lowest BCUT2D eigenvalue weighted by atomic mass is 10.0. The van der Waals surface area contributed by atoms with Crippen molar-refractivity contribution >= 4 is 28.7 Å². The van der Waals surface area contributed by atoms with Crippen LogP contribution in [0.1, 0.15) is 43.8 Å². The molecule has 0 bridgehead atoms. The molecule has 0 radical (unpaired) electrons. The number of ketones is 1. The summed E-state index contributed by atoms with van der Waals surface area (Å²) in [5.41, 5.74) is 4.41. The van der Waals surface area contributed by atoms with Crippen molar-refractivity contribution in [1.29, 1.82) is 0 Å². The van der Waals surface area contributed by atoms with Gasteiger partial charge in [0, 0.05) is 28.6 Å². The minimum atomic E-state index is -0.0187. The van der Waals surface area contributed by atoms with Crippen LogP contribution in [-0.4, -0.2) is 32.5 Å². The number of aryl methyl sites for hydroxylation is 1. The van der Waals surface area contributed by atoms with E-state index in [-0.39, 0.29) is 11.7 Å². The molecule has 24 heavy (non-hydrogen) atoms. The number of fused-ring (bicyclic) bond motifs is 2. The zero-order valence-electron chi connectivity index (χ0n) is 13.6. The molecular weight excluding hydrogens is 322 g/mol. The number of carbonyl (C=O) groups excluding carboxylic acids is 2. The highest BCUT2D eigenvalue weighted by Gasteiger charge is 2.27. The van der Waals surface area contributed by atoms with E-state index in [1.807, 2.05) is 39.9 Å². The second-order valence-electron chi connectivity index (χ2n) is 6.16. The Kier molecular flexibility index (Phi) is 3.49. The molecular formula is C18H17N3O2S. The summed E-state index contributed by atoms with van der Waals surface area (Å²) in [6, 6.07) is 3.93. The van der Waals surface area contributed by atoms with Gasteiger partial charge in [0.15, 0.2) is 5.78 Å². The second kappa shape index (κ2) is 5.56. The first kappa shape index (κ1) is 15.1. The number of nitrogens with zero attached hydrogens (tertiary/aromatic N) is 3. The molecule has 1 aliphatic heterocycles. The quantitative estimate of drug-likeness (QED) is 0.674. The van der Waals surface area contributed by atoms with Crippen molar-refractivity contribution in [1.82, 2.24) is 14.3 Å². The minimum absolute atomic E-state index is 0.0187. The molecule has 0 spiro atoms. The predicted molar refractivity (Wildman–Crippen MR) is 92.7 cm³/mol. The standard InChI is InChI=1S/C18H17N3O2S/c1-11-3-6-21-15(8-19-17(21)7-11)18(23)20-5-4-13-14(12(2)22)10-24-16(13)9-20/h3,6-8,10H,4-5,9H2,1-2H3. The Morgan fingerprint density at radius 3 is 2.96 bits per heavy atom. The molecule has 0 aliphatic carbocycles. The largest absolute Gasteiger partial charge is 0.332 e. The summed E-state index contributed by atoms with van der Waals surface area (Å²) in [5, 5.41) is 1.91. The highest BCUT2D eigenvalue weighted by molar-refractivity contribution is 7.10. The molecule has 0 unspecified atom stereocenters. The van der Waals surface area contributed by atoms with E-state index in [4.69, 9.17) is 0 Å². The summed E-state index contributed by atoms with van der Waals surface area (Å²) in [6.07, 6.45) is 4.26. The van der Waals surface area contributed by atoms with Gasteiger partial charge in [-0.2, -0.15) is 0 Å². The molecule has 122 valence electrons. The highest BCUT2D eigenvalue weighted by Crippen LogP contribution is 2.29. The summed E-state index contributed by atoms with van der Waals surface area (Å²) >= 11 is 1.57. The van der Waals surface area contributed by atoms with E-state index in [0.717, 1.165) is 33.6 Å². The molecule has 6 heteroatoms. The molecule has 1 aliphatic rings. The maximum atomic E-state index is 12.9. The van der Waals surface area contributed by atoms with E-state index in [0.29, 0.717) is 18.8 Å². The normalized spacial score (nSPS) is 14.0. The van der Waals surface area contributed by atoms with Gasteiger partial charge in [-0.3, -0.25) is 14.0 Å². The van der Waals surface area contributed by atoms with E-state index in [1.54, 1.807) is 24.5 Å². The smallest absolute Gasteiger partial charge is 0.272 e. The van der Waals surface area contributed by atoms with Crippen molar-refractivity contribution in [3.8, 4) is 0 Å². The fourth-order valence-electron chi connectivity index (χ4n) is 3.20. The Bertz CT molecular complexity index is 970. The first-order chi connectivity index (χ1) is 11.5. The van der Waals surface area contributed by atoms with Crippen molar-refractivity contribution < 1.29 is 9.59 Å². The van der Waals surface area contributed by atoms with Crippen LogP contribution in [0.3, 0.4) is 0 Å². The number of hydrogen-bond acceptors (Lipinski definition) is 4. The van der Waals surface area contributed by atoms with Gasteiger partial charge in [-0.1, -0.05) is 0 Å². The van der Waals surface area contributed by atoms with E-state index in [1.165, 1.54) is 0 Å². The summed E-state index contributed by atoms with van der Waals surface area (Å²) in [4.78, 5) is 31.9. The van der Waals surface area contributed by atoms with Gasteiger partial charge < -0.3 is 4.90 Å². The monoisotopic (exact) mass is 339 g/mol. The maximum absolute atomic E-state index is 12.9. The third-order valence-electron chi connectivity index (χ3n) is 4.50. The lowest BCUT2D eigenvalue weighted by molar-refractivity contribution is 0.0730. The number of thiophene rings is 1. The third-order valence-corrected chi connectivity index (χ3v) is 5.51. The second-order valence-corrected chi connectivity index (χ2v) is 7.12. The van der Waals surface area contributed by atoms with Crippen LogP contribution in [0.4, 0.5) is 0 Å². The Hall–Kier alpha value is -2.47. The Morgan fingerprint density at radius 1 is 1.33 bits per heavy atom. The van der Waals surface area contributed by atoms with Crippen LogP contribution in [0.25, 0.3) is 5.65 Å². The van der Waals surface area contributed by atoms with Gasteiger partial charge >= 0.3 is 0 Å². The van der Waals surface area contributed by atoms with Crippen molar-refractivity contribution in [3.63, 3.8) is 0 Å². The summed E-state index contributed by atoms with van der Waals surface area (Å²) in [5.74, 6) is 0.0826. The molecule has 1 amide bonds. The van der Waals surface area contributed by atoms with Crippen molar-refractivity contribution in [2.45, 2.75) is 26.8 Å². The molecule has 3 aromatic heterocycles. The maximum Gasteiger partial charge on any atom is 0.272 e. The van der Waals surface area contributed by atoms with E-state index in [9.17, 15) is 9.59 Å². The first-order valence-corrected chi connectivity index (χ1v) is 8.75. The molecule has 5 nitrogen and oxygen atoms in total. The number of pyridine rings is 1. The third kappa shape index (κ3) is 2.34. The van der Waals surface area contributed by atoms with Gasteiger partial charge in [-0.25, -0.2) is 4.98 Å². The van der Waals surface area contributed by atoms with Crippen LogP contribution in [0.15, 0.2) is 29.9 Å². The van der Waals surface area contributed by atoms with Gasteiger partial charge in [0.2, 0.25) is 0 Å². The number of Topliss-reactive ketones (excluding diaryl/α,β-unsaturated/α-hetero) is 1. The van der Waals surface area contributed by atoms with Crippen LogP contribution in [0, 0.1) is 6.92 Å². The van der Waals surface area contributed by atoms with E-state index >= 15 is 0 Å². The Balaban J connectivity index is 1.64. The number of imidazole rings is 1. The van der Waals surface area contributed by atoms with Crippen LogP contribution in [-0.2, 0) is 13.0 Å². The van der Waals surface area contributed by atoms with Gasteiger partial charge in [0.05, 0.1) is 12.7 Å². The topological polar surface area (TPSA) is 54.7 Å².